The molecule has 1 aromatic rings. The van der Waals surface area contributed by atoms with Crippen molar-refractivity contribution in [2.24, 2.45) is 7.05 Å². The lowest BCUT2D eigenvalue weighted by atomic mass is 9.69. The van der Waals surface area contributed by atoms with E-state index in [1.165, 1.54) is 11.1 Å². The molecule has 0 aromatic carbocycles. The van der Waals surface area contributed by atoms with E-state index in [4.69, 9.17) is 0 Å². The van der Waals surface area contributed by atoms with Gasteiger partial charge < -0.3 is 10.2 Å². The average molecular weight is 281 g/mol. The maximum absolute atomic E-state index is 12.1. The number of aliphatic hydroxyl groups is 2. The van der Waals surface area contributed by atoms with Crippen LogP contribution < -0.4 is 5.56 Å². The molecule has 1 saturated heterocycles. The molecule has 6 nitrogen and oxygen atoms in total. The second kappa shape index (κ2) is 5.02. The van der Waals surface area contributed by atoms with Crippen LogP contribution in [-0.4, -0.2) is 56.2 Å². The van der Waals surface area contributed by atoms with E-state index in [1.807, 2.05) is 6.92 Å². The number of likely N-dealkylation sites (tertiary alicyclic amines) is 1. The first-order valence-corrected chi connectivity index (χ1v) is 7.38. The van der Waals surface area contributed by atoms with Gasteiger partial charge in [0.05, 0.1) is 18.2 Å². The first kappa shape index (κ1) is 13.9. The summed E-state index contributed by atoms with van der Waals surface area (Å²) in [5.74, 6) is -0.466. The van der Waals surface area contributed by atoms with Crippen LogP contribution >= 0.6 is 0 Å². The largest absolute Gasteiger partial charge is 0.391 e. The fourth-order valence-electron chi connectivity index (χ4n) is 3.77. The van der Waals surface area contributed by atoms with E-state index in [0.717, 1.165) is 31.6 Å². The second-order valence-electron chi connectivity index (χ2n) is 6.11. The number of rotatable bonds is 2. The van der Waals surface area contributed by atoms with Gasteiger partial charge in [-0.25, -0.2) is 0 Å². The van der Waals surface area contributed by atoms with E-state index >= 15 is 0 Å². The Bertz CT molecular complexity index is 534. The van der Waals surface area contributed by atoms with Gasteiger partial charge in [0.15, 0.2) is 0 Å². The topological polar surface area (TPSA) is 81.5 Å². The van der Waals surface area contributed by atoms with E-state index < -0.39 is 18.1 Å². The summed E-state index contributed by atoms with van der Waals surface area (Å²) in [7, 11) is 1.65. The first-order chi connectivity index (χ1) is 9.52. The van der Waals surface area contributed by atoms with Crippen molar-refractivity contribution in [1.29, 1.82) is 0 Å². The predicted octanol–water partition coefficient (Wildman–Crippen LogP) is -0.305. The fraction of sp³-hybridized carbons (Fsp3) is 0.786. The molecule has 0 radical (unpaired) electrons. The first-order valence-electron chi connectivity index (χ1n) is 7.38. The minimum absolute atomic E-state index is 0.150. The van der Waals surface area contributed by atoms with E-state index in [0.29, 0.717) is 5.56 Å². The van der Waals surface area contributed by atoms with Crippen molar-refractivity contribution in [3.8, 4) is 0 Å². The van der Waals surface area contributed by atoms with Crippen molar-refractivity contribution in [2.45, 2.75) is 50.4 Å². The Labute approximate surface area is 118 Å². The van der Waals surface area contributed by atoms with Gasteiger partial charge in [0, 0.05) is 24.2 Å². The van der Waals surface area contributed by atoms with Gasteiger partial charge in [-0.05, 0) is 32.9 Å². The molecule has 1 aliphatic carbocycles. The molecule has 2 unspecified atom stereocenters. The molecule has 3 rings (SSSR count). The van der Waals surface area contributed by atoms with Crippen LogP contribution in [0, 0.1) is 6.92 Å². The van der Waals surface area contributed by atoms with Crippen molar-refractivity contribution in [1.82, 2.24) is 14.7 Å². The highest BCUT2D eigenvalue weighted by atomic mass is 16.3. The highest BCUT2D eigenvalue weighted by Gasteiger charge is 2.54. The summed E-state index contributed by atoms with van der Waals surface area (Å²) in [6.45, 7) is 3.66. The third-order valence-electron chi connectivity index (χ3n) is 4.86. The molecule has 2 fully saturated rings. The third-order valence-corrected chi connectivity index (χ3v) is 4.86. The van der Waals surface area contributed by atoms with Crippen LogP contribution in [0.25, 0.3) is 0 Å². The number of H-pyrrole nitrogens is 1. The molecule has 112 valence electrons. The van der Waals surface area contributed by atoms with Crippen molar-refractivity contribution in [3.05, 3.63) is 21.6 Å². The van der Waals surface area contributed by atoms with Crippen LogP contribution in [0.15, 0.2) is 4.79 Å². The molecule has 2 atom stereocenters. The third kappa shape index (κ3) is 1.94. The normalized spacial score (nSPS) is 35.0. The minimum atomic E-state index is -0.662. The van der Waals surface area contributed by atoms with Crippen LogP contribution in [0.3, 0.4) is 0 Å². The monoisotopic (exact) mass is 281 g/mol. The Hall–Kier alpha value is -1.11. The van der Waals surface area contributed by atoms with Gasteiger partial charge >= 0.3 is 0 Å². The van der Waals surface area contributed by atoms with Crippen LogP contribution in [0.1, 0.15) is 36.4 Å². The Morgan fingerprint density at radius 2 is 1.75 bits per heavy atom. The molecule has 20 heavy (non-hydrogen) atoms. The van der Waals surface area contributed by atoms with Crippen LogP contribution in [0.2, 0.25) is 0 Å². The lowest BCUT2D eigenvalue weighted by Crippen LogP contribution is -2.66. The van der Waals surface area contributed by atoms with Gasteiger partial charge in [-0.3, -0.25) is 19.5 Å². The molecule has 1 saturated carbocycles. The number of aryl methyl sites for hydroxylation is 2. The molecular weight excluding hydrogens is 258 g/mol. The molecule has 2 heterocycles. The van der Waals surface area contributed by atoms with Gasteiger partial charge in [-0.2, -0.15) is 0 Å². The average Bonchev–Trinajstić information content (AvgIpc) is 2.67. The zero-order valence-electron chi connectivity index (χ0n) is 12.0. The van der Waals surface area contributed by atoms with Crippen molar-refractivity contribution in [3.63, 3.8) is 0 Å². The molecule has 0 amide bonds. The molecule has 0 spiro atoms. The van der Waals surface area contributed by atoms with E-state index in [2.05, 4.69) is 10.00 Å². The lowest BCUT2D eigenvalue weighted by Gasteiger charge is -2.52. The Balaban J connectivity index is 1.82. The number of nitrogens with zero attached hydrogens (tertiary/aromatic N) is 2. The number of aliphatic hydroxyl groups excluding tert-OH is 2. The van der Waals surface area contributed by atoms with E-state index in [1.54, 1.807) is 7.05 Å². The highest BCUT2D eigenvalue weighted by molar-refractivity contribution is 5.30. The zero-order chi connectivity index (χ0) is 14.4. The second-order valence-corrected chi connectivity index (χ2v) is 6.11. The quantitative estimate of drug-likeness (QED) is 0.695. The van der Waals surface area contributed by atoms with Crippen molar-refractivity contribution < 1.29 is 10.2 Å². The summed E-state index contributed by atoms with van der Waals surface area (Å²) in [6.07, 6.45) is 2.13. The lowest BCUT2D eigenvalue weighted by molar-refractivity contribution is -0.139. The zero-order valence-corrected chi connectivity index (χ0v) is 12.0. The predicted molar refractivity (Wildman–Crippen MR) is 74.7 cm³/mol. The summed E-state index contributed by atoms with van der Waals surface area (Å²) >= 11 is 0. The number of hydrogen-bond acceptors (Lipinski definition) is 4. The fourth-order valence-corrected chi connectivity index (χ4v) is 3.77. The van der Waals surface area contributed by atoms with Crippen molar-refractivity contribution in [2.75, 3.05) is 13.1 Å². The van der Waals surface area contributed by atoms with Gasteiger partial charge in [0.2, 0.25) is 0 Å². The van der Waals surface area contributed by atoms with Crippen LogP contribution in [0.4, 0.5) is 0 Å². The SMILES string of the molecule is Cc1[nH]n(C)c(=O)c1C1C(O)C(N2CCCCC2)C1O. The molecule has 1 aliphatic heterocycles. The van der Waals surface area contributed by atoms with E-state index in [9.17, 15) is 15.0 Å². The number of nitrogens with one attached hydrogen (secondary N) is 1. The molecule has 6 heteroatoms. The van der Waals surface area contributed by atoms with Crippen molar-refractivity contribution >= 4 is 0 Å². The number of piperidine rings is 1. The molecule has 1 aromatic heterocycles. The standard InChI is InChI=1S/C14H23N3O3/c1-8-9(14(20)16(2)15-8)10-12(18)11(13(10)19)17-6-4-3-5-7-17/h10-13,15,18-19H,3-7H2,1-2H3. The summed E-state index contributed by atoms with van der Waals surface area (Å²) < 4.78 is 1.40. The minimum Gasteiger partial charge on any atom is -0.391 e. The maximum Gasteiger partial charge on any atom is 0.270 e. The Morgan fingerprint density at radius 1 is 1.15 bits per heavy atom. The Kier molecular flexibility index (Phi) is 3.48. The van der Waals surface area contributed by atoms with Gasteiger partial charge in [-0.1, -0.05) is 6.42 Å². The van der Waals surface area contributed by atoms with E-state index in [-0.39, 0.29) is 11.6 Å². The highest BCUT2D eigenvalue weighted by Crippen LogP contribution is 2.41. The molecule has 3 N–H and O–H groups in total. The van der Waals surface area contributed by atoms with Gasteiger partial charge in [-0.15, -0.1) is 0 Å². The van der Waals surface area contributed by atoms with Crippen LogP contribution in [0.5, 0.6) is 0 Å². The molecule has 2 aliphatic rings. The molecule has 0 bridgehead atoms. The molecular formula is C14H23N3O3. The smallest absolute Gasteiger partial charge is 0.270 e. The van der Waals surface area contributed by atoms with Gasteiger partial charge in [0.1, 0.15) is 0 Å². The number of hydrogen-bond donors (Lipinski definition) is 3. The number of aromatic nitrogens is 2. The summed E-state index contributed by atoms with van der Waals surface area (Å²) in [4.78, 5) is 14.3. The van der Waals surface area contributed by atoms with Crippen LogP contribution in [-0.2, 0) is 7.05 Å². The van der Waals surface area contributed by atoms with Gasteiger partial charge in [0.25, 0.3) is 5.56 Å². The summed E-state index contributed by atoms with van der Waals surface area (Å²) in [5, 5.41) is 23.8. The Morgan fingerprint density at radius 3 is 2.25 bits per heavy atom. The summed E-state index contributed by atoms with van der Waals surface area (Å²) in [5.41, 5.74) is 1.11. The number of aromatic amines is 1. The summed E-state index contributed by atoms with van der Waals surface area (Å²) in [6, 6.07) is -0.223. The maximum atomic E-state index is 12.1.